The van der Waals surface area contributed by atoms with Crippen molar-refractivity contribution in [2.75, 3.05) is 6.54 Å². The first-order valence-electron chi connectivity index (χ1n) is 5.62. The normalized spacial score (nSPS) is 11.7. The Hall–Kier alpha value is -1.29. The number of thiazole rings is 1. The van der Waals surface area contributed by atoms with E-state index < -0.39 is 16.0 Å². The van der Waals surface area contributed by atoms with Crippen LogP contribution in [0, 0.1) is 6.92 Å². The molecule has 2 aromatic rings. The van der Waals surface area contributed by atoms with Gasteiger partial charge in [-0.15, -0.1) is 22.7 Å². The van der Waals surface area contributed by atoms with E-state index in [4.69, 9.17) is 5.11 Å². The van der Waals surface area contributed by atoms with Crippen LogP contribution < -0.4 is 4.72 Å². The molecule has 2 rings (SSSR count). The Bertz CT molecular complexity index is 718. The Labute approximate surface area is 124 Å². The highest BCUT2D eigenvalue weighted by Gasteiger charge is 2.18. The summed E-state index contributed by atoms with van der Waals surface area (Å²) in [6.45, 7) is 2.11. The number of carboxylic acid groups (broad SMARTS) is 1. The summed E-state index contributed by atoms with van der Waals surface area (Å²) < 4.78 is 26.4. The van der Waals surface area contributed by atoms with Gasteiger partial charge in [0.25, 0.3) is 0 Å². The number of rotatable bonds is 6. The van der Waals surface area contributed by atoms with E-state index >= 15 is 0 Å². The number of nitrogens with one attached hydrogen (secondary N) is 1. The lowest BCUT2D eigenvalue weighted by atomic mass is 10.4. The smallest absolute Gasteiger partial charge is 0.345 e. The minimum atomic E-state index is -3.65. The van der Waals surface area contributed by atoms with E-state index in [0.29, 0.717) is 6.42 Å². The topological polar surface area (TPSA) is 96.4 Å². The van der Waals surface area contributed by atoms with E-state index in [2.05, 4.69) is 9.71 Å². The first-order valence-corrected chi connectivity index (χ1v) is 8.80. The molecule has 0 amide bonds. The number of aromatic nitrogens is 1. The third-order valence-electron chi connectivity index (χ3n) is 2.35. The zero-order valence-corrected chi connectivity index (χ0v) is 12.9. The maximum Gasteiger partial charge on any atom is 0.345 e. The summed E-state index contributed by atoms with van der Waals surface area (Å²) in [5, 5.41) is 11.5. The van der Waals surface area contributed by atoms with Gasteiger partial charge in [0.15, 0.2) is 0 Å². The Morgan fingerprint density at radius 3 is 2.75 bits per heavy atom. The van der Waals surface area contributed by atoms with Gasteiger partial charge in [0.05, 0.1) is 5.01 Å². The van der Waals surface area contributed by atoms with Crippen molar-refractivity contribution >= 4 is 38.7 Å². The second-order valence-electron chi connectivity index (χ2n) is 3.95. The van der Waals surface area contributed by atoms with Gasteiger partial charge in [-0.05, 0) is 19.1 Å². The molecular formula is C11H12N2O4S3. The quantitative estimate of drug-likeness (QED) is 0.840. The molecule has 2 heterocycles. The van der Waals surface area contributed by atoms with Crippen LogP contribution >= 0.6 is 22.7 Å². The van der Waals surface area contributed by atoms with Gasteiger partial charge in [0.2, 0.25) is 10.0 Å². The molecule has 0 saturated carbocycles. The van der Waals surface area contributed by atoms with Gasteiger partial charge in [-0.25, -0.2) is 22.9 Å². The number of aryl methyl sites for hydroxylation is 1. The van der Waals surface area contributed by atoms with Gasteiger partial charge in [-0.2, -0.15) is 0 Å². The largest absolute Gasteiger partial charge is 0.477 e. The molecule has 0 unspecified atom stereocenters. The van der Waals surface area contributed by atoms with E-state index in [0.717, 1.165) is 22.0 Å². The van der Waals surface area contributed by atoms with Gasteiger partial charge < -0.3 is 5.11 Å². The summed E-state index contributed by atoms with van der Waals surface area (Å²) in [6, 6.07) is 2.58. The third-order valence-corrected chi connectivity index (χ3v) is 6.41. The van der Waals surface area contributed by atoms with Gasteiger partial charge >= 0.3 is 5.97 Å². The summed E-state index contributed by atoms with van der Waals surface area (Å²) in [6.07, 6.45) is 0.509. The number of carbonyl (C=O) groups is 1. The highest BCUT2D eigenvalue weighted by Crippen LogP contribution is 2.21. The molecule has 0 aliphatic heterocycles. The molecule has 108 valence electrons. The fourth-order valence-corrected chi connectivity index (χ4v) is 4.46. The van der Waals surface area contributed by atoms with Gasteiger partial charge in [-0.1, -0.05) is 0 Å². The molecule has 0 bridgehead atoms. The van der Waals surface area contributed by atoms with Crippen LogP contribution in [0.4, 0.5) is 0 Å². The van der Waals surface area contributed by atoms with E-state index in [1.165, 1.54) is 23.5 Å². The molecule has 0 radical (unpaired) electrons. The van der Waals surface area contributed by atoms with Crippen LogP contribution in [0.25, 0.3) is 0 Å². The maximum atomic E-state index is 12.0. The van der Waals surface area contributed by atoms with Crippen molar-refractivity contribution < 1.29 is 18.3 Å². The Balaban J connectivity index is 1.98. The second kappa shape index (κ2) is 6.00. The molecule has 2 N–H and O–H groups in total. The molecule has 0 aliphatic rings. The summed E-state index contributed by atoms with van der Waals surface area (Å²) in [5.41, 5.74) is 0.914. The van der Waals surface area contributed by atoms with Crippen molar-refractivity contribution in [1.29, 1.82) is 0 Å². The number of thiophene rings is 1. The molecular weight excluding hydrogens is 320 g/mol. The minimum Gasteiger partial charge on any atom is -0.477 e. The highest BCUT2D eigenvalue weighted by molar-refractivity contribution is 7.91. The summed E-state index contributed by atoms with van der Waals surface area (Å²) in [4.78, 5) is 15.0. The molecule has 0 aliphatic carbocycles. The number of sulfonamides is 1. The zero-order valence-electron chi connectivity index (χ0n) is 10.5. The van der Waals surface area contributed by atoms with E-state index in [1.807, 2.05) is 12.3 Å². The standard InChI is InChI=1S/C11H12N2O4S3/c1-7-6-18-9(13-7)4-5-12-20(16,17)10-3-2-8(19-10)11(14)15/h2-3,6,12H,4-5H2,1H3,(H,14,15). The molecule has 0 fully saturated rings. The minimum absolute atomic E-state index is 0.000855. The molecule has 0 atom stereocenters. The fourth-order valence-electron chi connectivity index (χ4n) is 1.46. The van der Waals surface area contributed by atoms with Gasteiger partial charge in [0.1, 0.15) is 9.09 Å². The van der Waals surface area contributed by atoms with Crippen molar-refractivity contribution in [2.45, 2.75) is 17.6 Å². The first-order chi connectivity index (χ1) is 9.38. The number of aromatic carboxylic acids is 1. The molecule has 20 heavy (non-hydrogen) atoms. The van der Waals surface area contributed by atoms with Crippen LogP contribution in [-0.4, -0.2) is 31.0 Å². The number of carboxylic acids is 1. The number of hydrogen-bond acceptors (Lipinski definition) is 6. The van der Waals surface area contributed by atoms with E-state index in [1.54, 1.807) is 0 Å². The first kappa shape index (κ1) is 15.1. The van der Waals surface area contributed by atoms with Crippen molar-refractivity contribution in [3.63, 3.8) is 0 Å². The molecule has 0 spiro atoms. The average molecular weight is 332 g/mol. The van der Waals surface area contributed by atoms with Crippen molar-refractivity contribution in [3.05, 3.63) is 33.1 Å². The van der Waals surface area contributed by atoms with Crippen LogP contribution in [0.15, 0.2) is 21.7 Å². The fraction of sp³-hybridized carbons (Fsp3) is 0.273. The molecule has 0 aromatic carbocycles. The predicted molar refractivity (Wildman–Crippen MR) is 77.0 cm³/mol. The van der Waals surface area contributed by atoms with Crippen molar-refractivity contribution in [1.82, 2.24) is 9.71 Å². The van der Waals surface area contributed by atoms with Gasteiger partial charge in [-0.3, -0.25) is 0 Å². The van der Waals surface area contributed by atoms with Crippen LogP contribution in [0.5, 0.6) is 0 Å². The van der Waals surface area contributed by atoms with Crippen LogP contribution in [0.1, 0.15) is 20.4 Å². The lowest BCUT2D eigenvalue weighted by Crippen LogP contribution is -2.25. The van der Waals surface area contributed by atoms with Crippen LogP contribution in [0.3, 0.4) is 0 Å². The molecule has 0 saturated heterocycles. The highest BCUT2D eigenvalue weighted by atomic mass is 32.2. The van der Waals surface area contributed by atoms with E-state index in [9.17, 15) is 13.2 Å². The monoisotopic (exact) mass is 332 g/mol. The van der Waals surface area contributed by atoms with Crippen molar-refractivity contribution in [2.24, 2.45) is 0 Å². The van der Waals surface area contributed by atoms with Crippen LogP contribution in [0.2, 0.25) is 0 Å². The maximum absolute atomic E-state index is 12.0. The summed E-state index contributed by atoms with van der Waals surface area (Å²) in [5.74, 6) is -1.13. The van der Waals surface area contributed by atoms with Crippen molar-refractivity contribution in [3.8, 4) is 0 Å². The second-order valence-corrected chi connectivity index (χ2v) is 7.97. The Kier molecular flexibility index (Phi) is 4.53. The lowest BCUT2D eigenvalue weighted by Gasteiger charge is -2.02. The summed E-state index contributed by atoms with van der Waals surface area (Å²) >= 11 is 2.22. The van der Waals surface area contributed by atoms with Gasteiger partial charge in [0, 0.05) is 24.0 Å². The SMILES string of the molecule is Cc1csc(CCNS(=O)(=O)c2ccc(C(=O)O)s2)n1. The molecule has 6 nitrogen and oxygen atoms in total. The van der Waals surface area contributed by atoms with Crippen LogP contribution in [-0.2, 0) is 16.4 Å². The number of nitrogens with zero attached hydrogens (tertiary/aromatic N) is 1. The third kappa shape index (κ3) is 3.63. The molecule has 9 heteroatoms. The summed E-state index contributed by atoms with van der Waals surface area (Å²) in [7, 11) is -3.65. The molecule has 2 aromatic heterocycles. The van der Waals surface area contributed by atoms with E-state index in [-0.39, 0.29) is 15.6 Å². The average Bonchev–Trinajstić information content (AvgIpc) is 2.98. The Morgan fingerprint density at radius 1 is 1.45 bits per heavy atom. The number of hydrogen-bond donors (Lipinski definition) is 2. The Morgan fingerprint density at radius 2 is 2.20 bits per heavy atom. The predicted octanol–water partition coefficient (Wildman–Crippen LogP) is 1.73. The lowest BCUT2D eigenvalue weighted by molar-refractivity contribution is 0.0702. The zero-order chi connectivity index (χ0) is 14.8.